The average molecular weight is 365 g/mol. The lowest BCUT2D eigenvalue weighted by Crippen LogP contribution is -2.19. The Bertz CT molecular complexity index is 569. The molecule has 0 saturated heterocycles. The standard InChI is InChI=1S/C12H15BrClN3OS/c1-7-6-19-12(9(7)14)10(15)11-8(13)5-16-17(11)3-4-18-2/h5-6,10H,3-4,15H2,1-2H3. The van der Waals surface area contributed by atoms with Crippen molar-refractivity contribution in [1.82, 2.24) is 9.78 Å². The molecule has 0 aliphatic carbocycles. The SMILES string of the molecule is COCCn1ncc(Br)c1C(N)c1scc(C)c1Cl. The Morgan fingerprint density at radius 3 is 2.95 bits per heavy atom. The summed E-state index contributed by atoms with van der Waals surface area (Å²) < 4.78 is 7.82. The van der Waals surface area contributed by atoms with Crippen LogP contribution in [0.25, 0.3) is 0 Å². The number of nitrogens with zero attached hydrogens (tertiary/aromatic N) is 2. The van der Waals surface area contributed by atoms with Crippen LogP contribution in [0.15, 0.2) is 16.0 Å². The van der Waals surface area contributed by atoms with Gasteiger partial charge in [-0.1, -0.05) is 11.6 Å². The number of ether oxygens (including phenoxy) is 1. The molecule has 1 unspecified atom stereocenters. The van der Waals surface area contributed by atoms with E-state index in [1.54, 1.807) is 24.6 Å². The second kappa shape index (κ2) is 6.37. The molecule has 0 amide bonds. The lowest BCUT2D eigenvalue weighted by atomic mass is 10.1. The molecule has 0 aromatic carbocycles. The molecule has 0 radical (unpaired) electrons. The molecule has 2 aromatic heterocycles. The smallest absolute Gasteiger partial charge is 0.0843 e. The van der Waals surface area contributed by atoms with E-state index in [9.17, 15) is 0 Å². The van der Waals surface area contributed by atoms with Gasteiger partial charge >= 0.3 is 0 Å². The predicted octanol–water partition coefficient (Wildman–Crippen LogP) is 3.36. The molecule has 2 heterocycles. The minimum Gasteiger partial charge on any atom is -0.383 e. The number of aryl methyl sites for hydroxylation is 1. The van der Waals surface area contributed by atoms with Crippen LogP contribution in [-0.4, -0.2) is 23.5 Å². The summed E-state index contributed by atoms with van der Waals surface area (Å²) in [7, 11) is 1.66. The van der Waals surface area contributed by atoms with Crippen LogP contribution in [0.2, 0.25) is 5.02 Å². The number of hydrogen-bond acceptors (Lipinski definition) is 4. The molecule has 2 N–H and O–H groups in total. The summed E-state index contributed by atoms with van der Waals surface area (Å²) in [6, 6.07) is -0.292. The number of hydrogen-bond donors (Lipinski definition) is 1. The highest BCUT2D eigenvalue weighted by molar-refractivity contribution is 9.10. The maximum absolute atomic E-state index is 6.34. The Morgan fingerprint density at radius 1 is 1.63 bits per heavy atom. The zero-order valence-corrected chi connectivity index (χ0v) is 13.8. The van der Waals surface area contributed by atoms with Crippen molar-refractivity contribution in [2.45, 2.75) is 19.5 Å². The van der Waals surface area contributed by atoms with E-state index < -0.39 is 0 Å². The summed E-state index contributed by atoms with van der Waals surface area (Å²) in [4.78, 5) is 0.957. The maximum atomic E-state index is 6.34. The number of halogens is 2. The number of rotatable bonds is 5. The van der Waals surface area contributed by atoms with E-state index in [1.165, 1.54) is 0 Å². The second-order valence-corrected chi connectivity index (χ2v) is 6.31. The first-order valence-electron chi connectivity index (χ1n) is 5.75. The molecular formula is C12H15BrClN3OS. The van der Waals surface area contributed by atoms with Gasteiger partial charge in [0.05, 0.1) is 40.6 Å². The van der Waals surface area contributed by atoms with Gasteiger partial charge in [-0.15, -0.1) is 11.3 Å². The van der Waals surface area contributed by atoms with Gasteiger partial charge in [-0.25, -0.2) is 0 Å². The van der Waals surface area contributed by atoms with Crippen molar-refractivity contribution < 1.29 is 4.74 Å². The molecule has 1 atom stereocenters. The van der Waals surface area contributed by atoms with E-state index >= 15 is 0 Å². The molecule has 19 heavy (non-hydrogen) atoms. The third-order valence-corrected chi connectivity index (χ3v) is 5.25. The predicted molar refractivity (Wildman–Crippen MR) is 81.9 cm³/mol. The molecule has 0 aliphatic heterocycles. The Morgan fingerprint density at radius 2 is 2.37 bits per heavy atom. The Balaban J connectivity index is 2.35. The fourth-order valence-corrected chi connectivity index (χ4v) is 3.68. The van der Waals surface area contributed by atoms with Crippen molar-refractivity contribution in [3.8, 4) is 0 Å². The summed E-state index contributed by atoms with van der Waals surface area (Å²) >= 11 is 11.4. The summed E-state index contributed by atoms with van der Waals surface area (Å²) in [5, 5.41) is 7.06. The van der Waals surface area contributed by atoms with Gasteiger partial charge in [-0.2, -0.15) is 5.10 Å². The third-order valence-electron chi connectivity index (χ3n) is 2.84. The number of methoxy groups -OCH3 is 1. The van der Waals surface area contributed by atoms with Crippen LogP contribution in [-0.2, 0) is 11.3 Å². The lowest BCUT2D eigenvalue weighted by molar-refractivity contribution is 0.182. The topological polar surface area (TPSA) is 53.1 Å². The van der Waals surface area contributed by atoms with Gasteiger partial charge in [0.1, 0.15) is 0 Å². The van der Waals surface area contributed by atoms with Crippen molar-refractivity contribution in [3.63, 3.8) is 0 Å². The zero-order valence-electron chi connectivity index (χ0n) is 10.7. The second-order valence-electron chi connectivity index (χ2n) is 4.17. The van der Waals surface area contributed by atoms with Crippen molar-refractivity contribution in [3.05, 3.63) is 37.2 Å². The number of aromatic nitrogens is 2. The average Bonchev–Trinajstić information content (AvgIpc) is 2.91. The summed E-state index contributed by atoms with van der Waals surface area (Å²) in [5.74, 6) is 0. The Kier molecular flexibility index (Phi) is 5.03. The van der Waals surface area contributed by atoms with Crippen LogP contribution in [0, 0.1) is 6.92 Å². The summed E-state index contributed by atoms with van der Waals surface area (Å²) in [6.07, 6.45) is 1.75. The first-order chi connectivity index (χ1) is 9.06. The van der Waals surface area contributed by atoms with Crippen molar-refractivity contribution in [2.24, 2.45) is 5.73 Å². The van der Waals surface area contributed by atoms with Crippen molar-refractivity contribution in [1.29, 1.82) is 0 Å². The van der Waals surface area contributed by atoms with Crippen molar-refractivity contribution in [2.75, 3.05) is 13.7 Å². The quantitative estimate of drug-likeness (QED) is 0.885. The van der Waals surface area contributed by atoms with Crippen molar-refractivity contribution >= 4 is 38.9 Å². The van der Waals surface area contributed by atoms with Crippen LogP contribution >= 0.6 is 38.9 Å². The first-order valence-corrected chi connectivity index (χ1v) is 7.80. The van der Waals surface area contributed by atoms with Crippen LogP contribution in [0.5, 0.6) is 0 Å². The van der Waals surface area contributed by atoms with Crippen LogP contribution in [0.1, 0.15) is 22.2 Å². The van der Waals surface area contributed by atoms with Gasteiger partial charge in [0, 0.05) is 12.0 Å². The van der Waals surface area contributed by atoms with Gasteiger partial charge in [0.2, 0.25) is 0 Å². The highest BCUT2D eigenvalue weighted by Crippen LogP contribution is 2.36. The van der Waals surface area contributed by atoms with Crippen LogP contribution < -0.4 is 5.73 Å². The molecule has 0 bridgehead atoms. The molecule has 2 rings (SSSR count). The van der Waals surface area contributed by atoms with Gasteiger partial charge in [-0.3, -0.25) is 4.68 Å². The molecule has 0 saturated carbocycles. The minimum atomic E-state index is -0.292. The highest BCUT2D eigenvalue weighted by Gasteiger charge is 2.22. The monoisotopic (exact) mass is 363 g/mol. The summed E-state index contributed by atoms with van der Waals surface area (Å²) in [6.45, 7) is 3.23. The lowest BCUT2D eigenvalue weighted by Gasteiger charge is -2.14. The first kappa shape index (κ1) is 15.0. The van der Waals surface area contributed by atoms with Gasteiger partial charge < -0.3 is 10.5 Å². The molecule has 104 valence electrons. The Hall–Kier alpha value is -0.400. The molecule has 0 spiro atoms. The van der Waals surface area contributed by atoms with Gasteiger partial charge in [0.25, 0.3) is 0 Å². The van der Waals surface area contributed by atoms with E-state index in [-0.39, 0.29) is 6.04 Å². The zero-order chi connectivity index (χ0) is 14.0. The van der Waals surface area contributed by atoms with E-state index in [0.29, 0.717) is 13.2 Å². The number of thiophene rings is 1. The van der Waals surface area contributed by atoms with Crippen LogP contribution in [0.4, 0.5) is 0 Å². The third kappa shape index (κ3) is 3.03. The molecule has 7 heteroatoms. The van der Waals surface area contributed by atoms with Crippen LogP contribution in [0.3, 0.4) is 0 Å². The molecule has 0 fully saturated rings. The molecular weight excluding hydrogens is 350 g/mol. The van der Waals surface area contributed by atoms with Gasteiger partial charge in [-0.05, 0) is 33.8 Å². The Labute approximate surface area is 129 Å². The molecule has 4 nitrogen and oxygen atoms in total. The molecule has 0 aliphatic rings. The summed E-state index contributed by atoms with van der Waals surface area (Å²) in [5.41, 5.74) is 8.31. The molecule has 2 aromatic rings. The van der Waals surface area contributed by atoms with Gasteiger partial charge in [0.15, 0.2) is 0 Å². The van der Waals surface area contributed by atoms with E-state index in [0.717, 1.165) is 25.6 Å². The van der Waals surface area contributed by atoms with E-state index in [4.69, 9.17) is 22.1 Å². The normalized spacial score (nSPS) is 12.9. The van der Waals surface area contributed by atoms with E-state index in [1.807, 2.05) is 17.0 Å². The fourth-order valence-electron chi connectivity index (χ4n) is 1.82. The number of nitrogens with two attached hydrogens (primary N) is 1. The maximum Gasteiger partial charge on any atom is 0.0843 e. The fraction of sp³-hybridized carbons (Fsp3) is 0.417. The largest absolute Gasteiger partial charge is 0.383 e. The highest BCUT2D eigenvalue weighted by atomic mass is 79.9. The van der Waals surface area contributed by atoms with E-state index in [2.05, 4.69) is 21.0 Å². The minimum absolute atomic E-state index is 0.292.